The smallest absolute Gasteiger partial charge is 0.371 e. The van der Waals surface area contributed by atoms with E-state index in [1.807, 2.05) is 6.07 Å². The van der Waals surface area contributed by atoms with E-state index in [0.717, 1.165) is 23.1 Å². The van der Waals surface area contributed by atoms with E-state index in [1.165, 1.54) is 37.5 Å². The predicted molar refractivity (Wildman–Crippen MR) is 61.3 cm³/mol. The summed E-state index contributed by atoms with van der Waals surface area (Å²) >= 11 is 1.16. The molecule has 0 atom stereocenters. The second kappa shape index (κ2) is 4.71. The fourth-order valence-corrected chi connectivity index (χ4v) is 2.52. The quantitative estimate of drug-likeness (QED) is 0.538. The zero-order valence-electron chi connectivity index (χ0n) is 8.79. The molecule has 3 heteroatoms. The summed E-state index contributed by atoms with van der Waals surface area (Å²) in [4.78, 5) is 12.1. The van der Waals surface area contributed by atoms with E-state index in [-0.39, 0.29) is 5.30 Å². The standard InChI is InChI=1S/C12H14O2S/c1-14-12(13)15-11-7-6-9-4-2-3-5-10(9)8-11/h6-8H,2-5H2,1H3. The number of ether oxygens (including phenoxy) is 1. The summed E-state index contributed by atoms with van der Waals surface area (Å²) in [5, 5.41) is -0.245. The molecule has 0 fully saturated rings. The van der Waals surface area contributed by atoms with Crippen molar-refractivity contribution in [3.05, 3.63) is 29.3 Å². The third-order valence-electron chi connectivity index (χ3n) is 2.69. The van der Waals surface area contributed by atoms with Gasteiger partial charge in [0.2, 0.25) is 0 Å². The number of carbonyl (C=O) groups excluding carboxylic acids is 1. The Hall–Kier alpha value is -0.960. The van der Waals surface area contributed by atoms with E-state index >= 15 is 0 Å². The van der Waals surface area contributed by atoms with Crippen molar-refractivity contribution >= 4 is 17.1 Å². The van der Waals surface area contributed by atoms with Gasteiger partial charge in [0.25, 0.3) is 0 Å². The summed E-state index contributed by atoms with van der Waals surface area (Å²) in [5.41, 5.74) is 2.84. The van der Waals surface area contributed by atoms with Crippen molar-refractivity contribution in [2.75, 3.05) is 7.11 Å². The highest BCUT2D eigenvalue weighted by Gasteiger charge is 2.11. The van der Waals surface area contributed by atoms with Crippen molar-refractivity contribution in [1.29, 1.82) is 0 Å². The van der Waals surface area contributed by atoms with Crippen LogP contribution in [0.3, 0.4) is 0 Å². The van der Waals surface area contributed by atoms with E-state index in [0.29, 0.717) is 0 Å². The summed E-state index contributed by atoms with van der Waals surface area (Å²) in [5.74, 6) is 0. The molecular formula is C12H14O2S. The number of methoxy groups -OCH3 is 1. The lowest BCUT2D eigenvalue weighted by molar-refractivity contribution is 0.200. The summed E-state index contributed by atoms with van der Waals surface area (Å²) in [7, 11) is 1.41. The van der Waals surface area contributed by atoms with E-state index in [4.69, 9.17) is 0 Å². The van der Waals surface area contributed by atoms with Crippen LogP contribution in [0.25, 0.3) is 0 Å². The molecule has 2 rings (SSSR count). The molecule has 15 heavy (non-hydrogen) atoms. The van der Waals surface area contributed by atoms with Crippen molar-refractivity contribution in [2.24, 2.45) is 0 Å². The van der Waals surface area contributed by atoms with E-state index in [1.54, 1.807) is 0 Å². The van der Waals surface area contributed by atoms with Gasteiger partial charge in [0, 0.05) is 4.90 Å². The Kier molecular flexibility index (Phi) is 3.31. The van der Waals surface area contributed by atoms with Gasteiger partial charge in [0.15, 0.2) is 0 Å². The van der Waals surface area contributed by atoms with Crippen LogP contribution in [0.4, 0.5) is 4.79 Å². The third kappa shape index (κ3) is 2.53. The molecule has 0 aromatic heterocycles. The zero-order chi connectivity index (χ0) is 10.7. The van der Waals surface area contributed by atoms with Crippen LogP contribution in [0.1, 0.15) is 24.0 Å². The van der Waals surface area contributed by atoms with Crippen molar-refractivity contribution in [1.82, 2.24) is 0 Å². The van der Waals surface area contributed by atoms with E-state index in [2.05, 4.69) is 16.9 Å². The number of rotatable bonds is 1. The Morgan fingerprint density at radius 3 is 2.73 bits per heavy atom. The number of benzene rings is 1. The summed E-state index contributed by atoms with van der Waals surface area (Å²) < 4.78 is 4.62. The topological polar surface area (TPSA) is 26.3 Å². The van der Waals surface area contributed by atoms with Crippen LogP contribution in [-0.4, -0.2) is 12.4 Å². The number of thioether (sulfide) groups is 1. The molecule has 0 amide bonds. The Labute approximate surface area is 94.0 Å². The maximum absolute atomic E-state index is 11.1. The highest BCUT2D eigenvalue weighted by molar-refractivity contribution is 8.13. The fourth-order valence-electron chi connectivity index (χ4n) is 1.91. The number of aryl methyl sites for hydroxylation is 2. The van der Waals surface area contributed by atoms with Crippen molar-refractivity contribution in [2.45, 2.75) is 30.6 Å². The molecule has 0 saturated heterocycles. The van der Waals surface area contributed by atoms with Crippen LogP contribution < -0.4 is 0 Å². The van der Waals surface area contributed by atoms with Crippen LogP contribution >= 0.6 is 11.8 Å². The predicted octanol–water partition coefficient (Wildman–Crippen LogP) is 3.42. The Morgan fingerprint density at radius 2 is 2.00 bits per heavy atom. The largest absolute Gasteiger partial charge is 0.461 e. The summed E-state index contributed by atoms with van der Waals surface area (Å²) in [6.45, 7) is 0. The van der Waals surface area contributed by atoms with Crippen LogP contribution in [0.15, 0.2) is 23.1 Å². The first-order valence-electron chi connectivity index (χ1n) is 5.17. The first-order valence-corrected chi connectivity index (χ1v) is 5.99. The van der Waals surface area contributed by atoms with Gasteiger partial charge in [-0.3, -0.25) is 0 Å². The molecule has 1 aromatic rings. The van der Waals surface area contributed by atoms with Gasteiger partial charge in [0.1, 0.15) is 0 Å². The molecule has 0 aliphatic heterocycles. The molecule has 0 N–H and O–H groups in total. The van der Waals surface area contributed by atoms with Gasteiger partial charge >= 0.3 is 5.30 Å². The highest BCUT2D eigenvalue weighted by atomic mass is 32.2. The number of fused-ring (bicyclic) bond motifs is 1. The van der Waals surface area contributed by atoms with E-state index < -0.39 is 0 Å². The molecule has 1 aliphatic carbocycles. The Bertz CT molecular complexity index is 374. The van der Waals surface area contributed by atoms with Gasteiger partial charge in [-0.1, -0.05) is 6.07 Å². The monoisotopic (exact) mass is 222 g/mol. The molecule has 80 valence electrons. The van der Waals surface area contributed by atoms with Crippen molar-refractivity contribution in [3.8, 4) is 0 Å². The lowest BCUT2D eigenvalue weighted by Crippen LogP contribution is -2.02. The van der Waals surface area contributed by atoms with Gasteiger partial charge in [-0.05, 0) is 60.7 Å². The Balaban J connectivity index is 2.17. The molecule has 0 spiro atoms. The van der Waals surface area contributed by atoms with Gasteiger partial charge in [-0.2, -0.15) is 0 Å². The number of hydrogen-bond donors (Lipinski definition) is 0. The van der Waals surface area contributed by atoms with Gasteiger partial charge in [-0.15, -0.1) is 0 Å². The van der Waals surface area contributed by atoms with Crippen molar-refractivity contribution in [3.63, 3.8) is 0 Å². The number of hydrogen-bond acceptors (Lipinski definition) is 3. The maximum Gasteiger partial charge on any atom is 0.371 e. The molecule has 0 radical (unpaired) electrons. The van der Waals surface area contributed by atoms with Crippen LogP contribution in [0.2, 0.25) is 0 Å². The summed E-state index contributed by atoms with van der Waals surface area (Å²) in [6.07, 6.45) is 4.87. The first-order chi connectivity index (χ1) is 7.29. The SMILES string of the molecule is COC(=O)Sc1ccc2c(c1)CCCC2. The molecule has 0 saturated carbocycles. The maximum atomic E-state index is 11.1. The molecule has 0 bridgehead atoms. The van der Waals surface area contributed by atoms with Crippen LogP contribution in [0.5, 0.6) is 0 Å². The summed E-state index contributed by atoms with van der Waals surface area (Å²) in [6, 6.07) is 6.27. The molecule has 0 unspecified atom stereocenters. The lowest BCUT2D eigenvalue weighted by atomic mass is 9.92. The van der Waals surface area contributed by atoms with Gasteiger partial charge in [0.05, 0.1) is 7.11 Å². The van der Waals surface area contributed by atoms with Crippen LogP contribution in [0, 0.1) is 0 Å². The second-order valence-electron chi connectivity index (χ2n) is 3.69. The average molecular weight is 222 g/mol. The minimum Gasteiger partial charge on any atom is -0.461 e. The van der Waals surface area contributed by atoms with Gasteiger partial charge in [-0.25, -0.2) is 4.79 Å². The molecular weight excluding hydrogens is 208 g/mol. The third-order valence-corrected chi connectivity index (χ3v) is 3.51. The minimum absolute atomic E-state index is 0.245. The Morgan fingerprint density at radius 1 is 1.27 bits per heavy atom. The second-order valence-corrected chi connectivity index (χ2v) is 4.70. The van der Waals surface area contributed by atoms with Gasteiger partial charge < -0.3 is 4.74 Å². The fraction of sp³-hybridized carbons (Fsp3) is 0.417. The normalized spacial score (nSPS) is 14.5. The molecule has 2 nitrogen and oxygen atoms in total. The average Bonchev–Trinajstić information content (AvgIpc) is 2.29. The molecule has 1 aliphatic rings. The first kappa shape index (κ1) is 10.6. The number of carbonyl (C=O) groups is 1. The molecule has 1 aromatic carbocycles. The van der Waals surface area contributed by atoms with Crippen LogP contribution in [-0.2, 0) is 17.6 Å². The minimum atomic E-state index is -0.245. The lowest BCUT2D eigenvalue weighted by Gasteiger charge is -2.15. The highest BCUT2D eigenvalue weighted by Crippen LogP contribution is 2.27. The van der Waals surface area contributed by atoms with E-state index in [9.17, 15) is 4.79 Å². The molecule has 0 heterocycles. The zero-order valence-corrected chi connectivity index (χ0v) is 9.60. The van der Waals surface area contributed by atoms with Crippen molar-refractivity contribution < 1.29 is 9.53 Å².